The largest absolute Gasteiger partial charge is 0.391 e. The van der Waals surface area contributed by atoms with E-state index in [9.17, 15) is 14.7 Å². The Morgan fingerprint density at radius 1 is 1.29 bits per heavy atom. The molecule has 2 heterocycles. The molecule has 2 aromatic rings. The number of aliphatic hydroxyl groups is 1. The number of rotatable bonds is 6. The topological polar surface area (TPSA) is 87.5 Å². The van der Waals surface area contributed by atoms with Crippen molar-refractivity contribution >= 4 is 23.4 Å². The molecular weight excluding hydrogens is 416 g/mol. The molecule has 8 heteroatoms. The number of β-amino-alcohol motifs (C(OH)–C–C–N with tert-alkyl or cyclic N) is 1. The minimum atomic E-state index is -0.685. The number of hydrogen-bond acceptors (Lipinski definition) is 4. The van der Waals surface area contributed by atoms with Gasteiger partial charge in [0.1, 0.15) is 11.9 Å². The molecule has 3 rings (SSSR count). The van der Waals surface area contributed by atoms with Crippen LogP contribution in [0.1, 0.15) is 51.5 Å². The molecule has 0 bridgehead atoms. The molecule has 2 N–H and O–H groups in total. The molecule has 3 atom stereocenters. The molecule has 31 heavy (non-hydrogen) atoms. The highest BCUT2D eigenvalue weighted by molar-refractivity contribution is 6.30. The lowest BCUT2D eigenvalue weighted by atomic mass is 9.85. The second-order valence-corrected chi connectivity index (χ2v) is 9.69. The van der Waals surface area contributed by atoms with Gasteiger partial charge in [0.2, 0.25) is 11.8 Å². The number of carbonyl (C=O) groups is 2. The maximum Gasteiger partial charge on any atom is 0.246 e. The van der Waals surface area contributed by atoms with Crippen molar-refractivity contribution < 1.29 is 14.7 Å². The van der Waals surface area contributed by atoms with Crippen molar-refractivity contribution in [3.8, 4) is 0 Å². The van der Waals surface area contributed by atoms with Crippen LogP contribution in [-0.4, -0.2) is 50.1 Å². The van der Waals surface area contributed by atoms with E-state index in [-0.39, 0.29) is 24.4 Å². The summed E-state index contributed by atoms with van der Waals surface area (Å²) in [7, 11) is 0. The van der Waals surface area contributed by atoms with Gasteiger partial charge in [-0.05, 0) is 29.5 Å². The number of aromatic nitrogens is 2. The quantitative estimate of drug-likeness (QED) is 0.714. The first-order valence-electron chi connectivity index (χ1n) is 10.6. The molecule has 7 nitrogen and oxygen atoms in total. The van der Waals surface area contributed by atoms with Gasteiger partial charge in [-0.2, -0.15) is 0 Å². The predicted molar refractivity (Wildman–Crippen MR) is 120 cm³/mol. The minimum absolute atomic E-state index is 0.198. The van der Waals surface area contributed by atoms with Gasteiger partial charge in [-0.25, -0.2) is 4.98 Å². The fourth-order valence-electron chi connectivity index (χ4n) is 4.03. The maximum atomic E-state index is 13.5. The molecule has 1 fully saturated rings. The summed E-state index contributed by atoms with van der Waals surface area (Å²) in [6.07, 6.45) is 4.20. The number of carbonyl (C=O) groups excluding carboxylic acids is 2. The summed E-state index contributed by atoms with van der Waals surface area (Å²) in [4.78, 5) is 31.4. The molecular formula is C23H31ClN4O3. The van der Waals surface area contributed by atoms with E-state index in [1.165, 1.54) is 6.92 Å². The zero-order valence-electron chi connectivity index (χ0n) is 18.5. The Hall–Kier alpha value is -2.38. The molecule has 1 aliphatic heterocycles. The maximum absolute atomic E-state index is 13.5. The molecule has 1 aromatic heterocycles. The van der Waals surface area contributed by atoms with Crippen LogP contribution in [0.3, 0.4) is 0 Å². The van der Waals surface area contributed by atoms with Gasteiger partial charge in [-0.3, -0.25) is 9.59 Å². The average molecular weight is 447 g/mol. The predicted octanol–water partition coefficient (Wildman–Crippen LogP) is 2.96. The summed E-state index contributed by atoms with van der Waals surface area (Å²) in [6, 6.07) is 6.70. The Morgan fingerprint density at radius 3 is 2.58 bits per heavy atom. The van der Waals surface area contributed by atoms with Crippen molar-refractivity contribution in [1.82, 2.24) is 19.8 Å². The van der Waals surface area contributed by atoms with E-state index in [0.717, 1.165) is 17.8 Å². The standard InChI is InChI=1S/C23H31ClN4O3/c1-15(29)26-20(23(2,3)4)22(31)28-14-18(30)13-19(28)21-25-10-12-27(21)11-9-16-5-7-17(24)8-6-16/h5-8,10,12,18-20,30H,9,11,13-14H2,1-4H3,(H,26,29)/t18-,19+,20-/m1/s1. The normalized spacial score (nSPS) is 20.0. The summed E-state index contributed by atoms with van der Waals surface area (Å²) in [6.45, 7) is 8.08. The average Bonchev–Trinajstić information content (AvgIpc) is 3.30. The molecule has 0 unspecified atom stereocenters. The summed E-state index contributed by atoms with van der Waals surface area (Å²) in [5.41, 5.74) is 0.687. The third-order valence-electron chi connectivity index (χ3n) is 5.62. The van der Waals surface area contributed by atoms with Crippen LogP contribution >= 0.6 is 11.6 Å². The Morgan fingerprint density at radius 2 is 1.97 bits per heavy atom. The van der Waals surface area contributed by atoms with E-state index >= 15 is 0 Å². The molecule has 2 amide bonds. The monoisotopic (exact) mass is 446 g/mol. The molecule has 1 aliphatic rings. The van der Waals surface area contributed by atoms with Crippen LogP contribution in [0.25, 0.3) is 0 Å². The number of halogens is 1. The molecule has 0 saturated carbocycles. The molecule has 0 spiro atoms. The number of nitrogens with zero attached hydrogens (tertiary/aromatic N) is 3. The highest BCUT2D eigenvalue weighted by atomic mass is 35.5. The van der Waals surface area contributed by atoms with Gasteiger partial charge in [0.25, 0.3) is 0 Å². The smallest absolute Gasteiger partial charge is 0.246 e. The Balaban J connectivity index is 1.81. The molecule has 1 aromatic carbocycles. The second kappa shape index (κ2) is 9.40. The van der Waals surface area contributed by atoms with Crippen molar-refractivity contribution in [2.75, 3.05) is 6.54 Å². The third-order valence-corrected chi connectivity index (χ3v) is 5.88. The SMILES string of the molecule is CC(=O)N[C@H](C(=O)N1C[C@H](O)C[C@H]1c1nccn1CCc1ccc(Cl)cc1)C(C)(C)C. The van der Waals surface area contributed by atoms with Crippen LogP contribution < -0.4 is 5.32 Å². The van der Waals surface area contributed by atoms with E-state index in [0.29, 0.717) is 18.0 Å². The number of benzene rings is 1. The van der Waals surface area contributed by atoms with Gasteiger partial charge in [-0.15, -0.1) is 0 Å². The van der Waals surface area contributed by atoms with Gasteiger partial charge in [-0.1, -0.05) is 44.5 Å². The van der Waals surface area contributed by atoms with E-state index in [2.05, 4.69) is 10.3 Å². The number of nitrogens with one attached hydrogen (secondary N) is 1. The number of likely N-dealkylation sites (tertiary alicyclic amines) is 1. The first-order valence-corrected chi connectivity index (χ1v) is 10.9. The van der Waals surface area contributed by atoms with Crippen LogP contribution in [0.2, 0.25) is 5.02 Å². The first-order chi connectivity index (χ1) is 14.6. The van der Waals surface area contributed by atoms with Gasteiger partial charge in [0, 0.05) is 43.9 Å². The van der Waals surface area contributed by atoms with Crippen LogP contribution in [0.15, 0.2) is 36.7 Å². The number of aryl methyl sites for hydroxylation is 2. The summed E-state index contributed by atoms with van der Waals surface area (Å²) < 4.78 is 2.03. The molecule has 1 saturated heterocycles. The zero-order valence-corrected chi connectivity index (χ0v) is 19.3. The van der Waals surface area contributed by atoms with Crippen molar-refractivity contribution in [2.24, 2.45) is 5.41 Å². The van der Waals surface area contributed by atoms with E-state index in [1.807, 2.05) is 55.8 Å². The summed E-state index contributed by atoms with van der Waals surface area (Å²) in [5.74, 6) is 0.292. The van der Waals surface area contributed by atoms with Gasteiger partial charge in [0.15, 0.2) is 0 Å². The fourth-order valence-corrected chi connectivity index (χ4v) is 4.15. The second-order valence-electron chi connectivity index (χ2n) is 9.25. The molecule has 168 valence electrons. The fraction of sp³-hybridized carbons (Fsp3) is 0.522. The van der Waals surface area contributed by atoms with Gasteiger partial charge >= 0.3 is 0 Å². The highest BCUT2D eigenvalue weighted by Crippen LogP contribution is 2.34. The van der Waals surface area contributed by atoms with Crippen LogP contribution in [0, 0.1) is 5.41 Å². The Labute approximate surface area is 188 Å². The summed E-state index contributed by atoms with van der Waals surface area (Å²) >= 11 is 5.97. The molecule has 0 aliphatic carbocycles. The lowest BCUT2D eigenvalue weighted by Gasteiger charge is -2.35. The van der Waals surface area contributed by atoms with E-state index in [4.69, 9.17) is 11.6 Å². The van der Waals surface area contributed by atoms with Crippen molar-refractivity contribution in [1.29, 1.82) is 0 Å². The number of aliphatic hydroxyl groups excluding tert-OH is 1. The Bertz CT molecular complexity index is 920. The van der Waals surface area contributed by atoms with Crippen LogP contribution in [0.4, 0.5) is 0 Å². The van der Waals surface area contributed by atoms with Gasteiger partial charge < -0.3 is 19.9 Å². The number of imidazole rings is 1. The third kappa shape index (κ3) is 5.66. The lowest BCUT2D eigenvalue weighted by Crippen LogP contribution is -2.54. The van der Waals surface area contributed by atoms with E-state index in [1.54, 1.807) is 11.1 Å². The lowest BCUT2D eigenvalue weighted by molar-refractivity contribution is -0.140. The van der Waals surface area contributed by atoms with E-state index < -0.39 is 17.6 Å². The van der Waals surface area contributed by atoms with Crippen molar-refractivity contribution in [2.45, 2.75) is 65.3 Å². The number of hydrogen-bond donors (Lipinski definition) is 2. The van der Waals surface area contributed by atoms with Crippen LogP contribution in [-0.2, 0) is 22.6 Å². The van der Waals surface area contributed by atoms with Crippen molar-refractivity contribution in [3.63, 3.8) is 0 Å². The van der Waals surface area contributed by atoms with Crippen molar-refractivity contribution in [3.05, 3.63) is 53.1 Å². The summed E-state index contributed by atoms with van der Waals surface area (Å²) in [5, 5.41) is 13.9. The van der Waals surface area contributed by atoms with Crippen LogP contribution in [0.5, 0.6) is 0 Å². The zero-order chi connectivity index (χ0) is 22.8. The Kier molecular flexibility index (Phi) is 7.06. The van der Waals surface area contributed by atoms with Gasteiger partial charge in [0.05, 0.1) is 12.1 Å². The highest BCUT2D eigenvalue weighted by Gasteiger charge is 2.43. The first kappa shape index (κ1) is 23.3. The minimum Gasteiger partial charge on any atom is -0.391 e. The number of amides is 2. The molecule has 0 radical (unpaired) electrons.